The Balaban J connectivity index is 1.28. The van der Waals surface area contributed by atoms with Crippen LogP contribution in [0.4, 0.5) is 13.6 Å². The van der Waals surface area contributed by atoms with Crippen LogP contribution in [0, 0.1) is 11.8 Å². The van der Waals surface area contributed by atoms with E-state index in [1.54, 1.807) is 0 Å². The zero-order valence-electron chi connectivity index (χ0n) is 18.4. The highest BCUT2D eigenvalue weighted by Crippen LogP contribution is 2.44. The van der Waals surface area contributed by atoms with Gasteiger partial charge < -0.3 is 20.5 Å². The number of carbonyl (C=O) groups excluding carboxylic acids is 2. The van der Waals surface area contributed by atoms with Crippen molar-refractivity contribution in [1.29, 1.82) is 0 Å². The lowest BCUT2D eigenvalue weighted by atomic mass is 9.98. The second kappa shape index (κ2) is 9.79. The number of fused-ring (bicyclic) bond motifs is 3. The highest BCUT2D eigenvalue weighted by atomic mass is 19.3. The van der Waals surface area contributed by atoms with Crippen LogP contribution in [0.3, 0.4) is 0 Å². The molecule has 2 amide bonds. The maximum absolute atomic E-state index is 13.2. The van der Waals surface area contributed by atoms with Crippen LogP contribution in [-0.4, -0.2) is 48.7 Å². The lowest BCUT2D eigenvalue weighted by molar-refractivity contribution is -0.164. The van der Waals surface area contributed by atoms with Crippen molar-refractivity contribution in [2.45, 2.75) is 31.1 Å². The van der Waals surface area contributed by atoms with Gasteiger partial charge in [-0.15, -0.1) is 0 Å². The van der Waals surface area contributed by atoms with Crippen molar-refractivity contribution in [3.05, 3.63) is 59.7 Å². The predicted molar refractivity (Wildman–Crippen MR) is 119 cm³/mol. The van der Waals surface area contributed by atoms with E-state index >= 15 is 0 Å². The summed E-state index contributed by atoms with van der Waals surface area (Å²) >= 11 is 0. The van der Waals surface area contributed by atoms with Gasteiger partial charge in [-0.3, -0.25) is 4.79 Å². The third kappa shape index (κ3) is 5.35. The number of nitrogens with one attached hydrogen (secondary N) is 2. The topological polar surface area (TPSA) is 105 Å². The molecule has 180 valence electrons. The minimum atomic E-state index is -4.02. The van der Waals surface area contributed by atoms with Crippen LogP contribution in [0.15, 0.2) is 48.5 Å². The van der Waals surface area contributed by atoms with Crippen LogP contribution >= 0.6 is 0 Å². The van der Waals surface area contributed by atoms with Gasteiger partial charge in [0.25, 0.3) is 0 Å². The Morgan fingerprint density at radius 1 is 1.00 bits per heavy atom. The third-order valence-corrected chi connectivity index (χ3v) is 6.41. The van der Waals surface area contributed by atoms with Gasteiger partial charge in [-0.1, -0.05) is 48.5 Å². The first-order valence-corrected chi connectivity index (χ1v) is 11.2. The average molecular weight is 472 g/mol. The highest BCUT2D eigenvalue weighted by molar-refractivity contribution is 5.80. The molecule has 7 nitrogen and oxygen atoms in total. The Labute approximate surface area is 195 Å². The molecule has 0 heterocycles. The number of alkyl halides is 2. The molecule has 2 aromatic carbocycles. The maximum Gasteiger partial charge on any atom is 0.407 e. The molecule has 4 rings (SSSR count). The average Bonchev–Trinajstić information content (AvgIpc) is 3.62. The molecule has 1 fully saturated rings. The molecule has 2 aliphatic rings. The standard InChI is InChI=1S/C25H26F2N2O5/c26-25(27,23(31)32)14-29-22(30)11-16(15-9-10-15)12-28-24(33)34-13-21-19-7-3-1-5-17(19)18-6-2-4-8-20(18)21/h1-8,15-16,21H,9-14H2,(H,28,33)(H,29,30)(H,31,32). The molecule has 3 N–H and O–H groups in total. The van der Waals surface area contributed by atoms with Gasteiger partial charge >= 0.3 is 18.0 Å². The van der Waals surface area contributed by atoms with Crippen molar-refractivity contribution < 1.29 is 33.0 Å². The number of carbonyl (C=O) groups is 3. The molecule has 2 aromatic rings. The molecule has 0 bridgehead atoms. The Bertz CT molecular complexity index is 1040. The molecular weight excluding hydrogens is 446 g/mol. The molecule has 0 saturated heterocycles. The number of carboxylic acid groups (broad SMARTS) is 1. The van der Waals surface area contributed by atoms with Crippen molar-refractivity contribution >= 4 is 18.0 Å². The Kier molecular flexibility index (Phi) is 6.81. The lowest BCUT2D eigenvalue weighted by Gasteiger charge is -2.19. The summed E-state index contributed by atoms with van der Waals surface area (Å²) < 4.78 is 31.9. The minimum absolute atomic E-state index is 0.0703. The van der Waals surface area contributed by atoms with E-state index in [1.165, 1.54) is 0 Å². The quantitative estimate of drug-likeness (QED) is 0.488. The molecule has 0 aliphatic heterocycles. The molecule has 9 heteroatoms. The molecular formula is C25H26F2N2O5. The Morgan fingerprint density at radius 3 is 2.15 bits per heavy atom. The number of ether oxygens (including phenoxy) is 1. The monoisotopic (exact) mass is 472 g/mol. The third-order valence-electron chi connectivity index (χ3n) is 6.41. The van der Waals surface area contributed by atoms with Crippen LogP contribution in [0.1, 0.15) is 36.3 Å². The number of rotatable bonds is 10. The number of aliphatic carboxylic acids is 1. The highest BCUT2D eigenvalue weighted by Gasteiger charge is 2.40. The van der Waals surface area contributed by atoms with Gasteiger partial charge in [-0.25, -0.2) is 9.59 Å². The summed E-state index contributed by atoms with van der Waals surface area (Å²) in [6.45, 7) is -0.929. The first-order valence-electron chi connectivity index (χ1n) is 11.2. The molecule has 1 saturated carbocycles. The first-order chi connectivity index (χ1) is 16.3. The predicted octanol–water partition coefficient (Wildman–Crippen LogP) is 3.78. The fourth-order valence-electron chi connectivity index (χ4n) is 4.43. The second-order valence-electron chi connectivity index (χ2n) is 8.79. The summed E-state index contributed by atoms with van der Waals surface area (Å²) in [5.74, 6) is -7.09. The van der Waals surface area contributed by atoms with Gasteiger partial charge in [0.1, 0.15) is 6.61 Å². The number of alkyl carbamates (subject to hydrolysis) is 1. The van der Waals surface area contributed by atoms with Crippen LogP contribution in [0.5, 0.6) is 0 Å². The first kappa shape index (κ1) is 23.7. The van der Waals surface area contributed by atoms with Gasteiger partial charge in [0.2, 0.25) is 5.91 Å². The van der Waals surface area contributed by atoms with Crippen LogP contribution in [-0.2, 0) is 14.3 Å². The summed E-state index contributed by atoms with van der Waals surface area (Å²) in [5.41, 5.74) is 4.45. The number of amides is 2. The number of halogens is 2. The van der Waals surface area contributed by atoms with Crippen molar-refractivity contribution in [3.63, 3.8) is 0 Å². The number of hydrogen-bond acceptors (Lipinski definition) is 4. The van der Waals surface area contributed by atoms with Gasteiger partial charge in [-0.05, 0) is 46.9 Å². The summed E-state index contributed by atoms with van der Waals surface area (Å²) in [4.78, 5) is 34.9. The van der Waals surface area contributed by atoms with Crippen molar-refractivity contribution in [2.75, 3.05) is 19.7 Å². The van der Waals surface area contributed by atoms with E-state index < -0.39 is 30.4 Å². The van der Waals surface area contributed by atoms with Crippen molar-refractivity contribution in [3.8, 4) is 11.1 Å². The van der Waals surface area contributed by atoms with E-state index in [2.05, 4.69) is 5.32 Å². The number of carboxylic acids is 1. The Morgan fingerprint density at radius 2 is 1.59 bits per heavy atom. The van der Waals surface area contributed by atoms with E-state index in [9.17, 15) is 23.2 Å². The van der Waals surface area contributed by atoms with Gasteiger partial charge in [0.05, 0.1) is 6.54 Å². The summed E-state index contributed by atoms with van der Waals surface area (Å²) in [6, 6.07) is 16.0. The van der Waals surface area contributed by atoms with E-state index in [-0.39, 0.29) is 37.3 Å². The Hall–Kier alpha value is -3.49. The molecule has 0 radical (unpaired) electrons. The summed E-state index contributed by atoms with van der Waals surface area (Å²) in [6.07, 6.45) is 1.08. The minimum Gasteiger partial charge on any atom is -0.477 e. The van der Waals surface area contributed by atoms with Crippen LogP contribution in [0.25, 0.3) is 11.1 Å². The SMILES string of the molecule is O=C(CC(CNC(=O)OCC1c2ccccc2-c2ccccc21)C1CC1)NCC(F)(F)C(=O)O. The van der Waals surface area contributed by atoms with Crippen LogP contribution < -0.4 is 10.6 Å². The molecule has 0 spiro atoms. The van der Waals surface area contributed by atoms with Gasteiger partial charge in [0, 0.05) is 18.9 Å². The number of benzene rings is 2. The normalized spacial score (nSPS) is 15.7. The van der Waals surface area contributed by atoms with Gasteiger partial charge in [-0.2, -0.15) is 8.78 Å². The second-order valence-corrected chi connectivity index (χ2v) is 8.79. The molecule has 0 aromatic heterocycles. The summed E-state index contributed by atoms with van der Waals surface area (Å²) in [5, 5.41) is 13.1. The number of hydrogen-bond donors (Lipinski definition) is 3. The smallest absolute Gasteiger partial charge is 0.407 e. The van der Waals surface area contributed by atoms with E-state index in [0.29, 0.717) is 0 Å². The molecule has 1 unspecified atom stereocenters. The van der Waals surface area contributed by atoms with Gasteiger partial charge in [0.15, 0.2) is 0 Å². The van der Waals surface area contributed by atoms with E-state index in [1.807, 2.05) is 53.8 Å². The zero-order valence-corrected chi connectivity index (χ0v) is 18.4. The largest absolute Gasteiger partial charge is 0.477 e. The van der Waals surface area contributed by atoms with Crippen molar-refractivity contribution in [1.82, 2.24) is 10.6 Å². The van der Waals surface area contributed by atoms with E-state index in [0.717, 1.165) is 35.1 Å². The zero-order chi connectivity index (χ0) is 24.3. The molecule has 34 heavy (non-hydrogen) atoms. The molecule has 2 aliphatic carbocycles. The fraction of sp³-hybridized carbons (Fsp3) is 0.400. The van der Waals surface area contributed by atoms with Crippen LogP contribution in [0.2, 0.25) is 0 Å². The van der Waals surface area contributed by atoms with E-state index in [4.69, 9.17) is 9.84 Å². The lowest BCUT2D eigenvalue weighted by Crippen LogP contribution is -2.43. The van der Waals surface area contributed by atoms with Crippen molar-refractivity contribution in [2.24, 2.45) is 11.8 Å². The summed E-state index contributed by atoms with van der Waals surface area (Å²) in [7, 11) is 0. The maximum atomic E-state index is 13.2. The molecule has 1 atom stereocenters. The fourth-order valence-corrected chi connectivity index (χ4v) is 4.43.